The van der Waals surface area contributed by atoms with Gasteiger partial charge in [-0.05, 0) is 31.2 Å². The van der Waals surface area contributed by atoms with Crippen LogP contribution in [-0.2, 0) is 6.18 Å². The molecule has 0 atom stereocenters. The second kappa shape index (κ2) is 5.71. The summed E-state index contributed by atoms with van der Waals surface area (Å²) in [5.41, 5.74) is 0.278. The van der Waals surface area contributed by atoms with Crippen molar-refractivity contribution in [3.63, 3.8) is 0 Å². The number of benzene rings is 2. The maximum absolute atomic E-state index is 13.0. The molecule has 0 spiro atoms. The summed E-state index contributed by atoms with van der Waals surface area (Å²) in [4.78, 5) is 11.4. The molecule has 0 aliphatic carbocycles. The molecule has 2 aromatic carbocycles. The van der Waals surface area contributed by atoms with Crippen LogP contribution in [0.2, 0.25) is 0 Å². The number of aldehydes is 1. The fraction of sp³-hybridized carbons (Fsp3) is 0.133. The lowest BCUT2D eigenvalue weighted by molar-refractivity contribution is -0.139. The van der Waals surface area contributed by atoms with E-state index in [4.69, 9.17) is 0 Å². The van der Waals surface area contributed by atoms with E-state index in [0.29, 0.717) is 6.29 Å². The van der Waals surface area contributed by atoms with Gasteiger partial charge in [-0.1, -0.05) is 35.5 Å². The summed E-state index contributed by atoms with van der Waals surface area (Å²) < 4.78 is 39.0. The molecule has 0 bridgehead atoms. The SMILES string of the molecule is Cc1ccc(Sc2ccc(C=O)cc2C(F)(F)F)cc1. The monoisotopic (exact) mass is 296 g/mol. The fourth-order valence-corrected chi connectivity index (χ4v) is 2.61. The van der Waals surface area contributed by atoms with Gasteiger partial charge in [0, 0.05) is 15.4 Å². The molecule has 0 saturated heterocycles. The normalized spacial score (nSPS) is 11.4. The van der Waals surface area contributed by atoms with E-state index in [-0.39, 0.29) is 10.5 Å². The molecule has 0 amide bonds. The predicted octanol–water partition coefficient (Wildman–Crippen LogP) is 4.98. The first-order chi connectivity index (χ1) is 9.40. The Balaban J connectivity index is 2.40. The standard InChI is InChI=1S/C15H11F3OS/c1-10-2-5-12(6-3-10)20-14-7-4-11(9-19)8-13(14)15(16,17)18/h2-9H,1H3. The number of halogens is 3. The summed E-state index contributed by atoms with van der Waals surface area (Å²) in [6.07, 6.45) is -4.07. The molecule has 1 nitrogen and oxygen atoms in total. The highest BCUT2D eigenvalue weighted by atomic mass is 32.2. The van der Waals surface area contributed by atoms with Crippen molar-refractivity contribution in [2.45, 2.75) is 22.9 Å². The molecular formula is C15H11F3OS. The molecule has 0 aliphatic rings. The minimum Gasteiger partial charge on any atom is -0.298 e. The van der Waals surface area contributed by atoms with E-state index >= 15 is 0 Å². The minimum atomic E-state index is -4.48. The Bertz CT molecular complexity index is 618. The van der Waals surface area contributed by atoms with Crippen molar-refractivity contribution in [2.24, 2.45) is 0 Å². The van der Waals surface area contributed by atoms with Gasteiger partial charge in [0.2, 0.25) is 0 Å². The Morgan fingerprint density at radius 2 is 1.70 bits per heavy atom. The van der Waals surface area contributed by atoms with Crippen LogP contribution in [0, 0.1) is 6.92 Å². The van der Waals surface area contributed by atoms with Gasteiger partial charge in [-0.2, -0.15) is 13.2 Å². The highest BCUT2D eigenvalue weighted by Gasteiger charge is 2.33. The Hall–Kier alpha value is -1.75. The zero-order valence-corrected chi connectivity index (χ0v) is 11.4. The lowest BCUT2D eigenvalue weighted by atomic mass is 10.1. The van der Waals surface area contributed by atoms with Crippen LogP contribution in [-0.4, -0.2) is 6.29 Å². The third-order valence-electron chi connectivity index (χ3n) is 2.69. The summed E-state index contributed by atoms with van der Waals surface area (Å²) in [5, 5.41) is 0. The molecular weight excluding hydrogens is 285 g/mol. The molecule has 5 heteroatoms. The molecule has 0 saturated carbocycles. The van der Waals surface area contributed by atoms with E-state index < -0.39 is 11.7 Å². The van der Waals surface area contributed by atoms with Gasteiger partial charge in [0.15, 0.2) is 0 Å². The molecule has 20 heavy (non-hydrogen) atoms. The Labute approximate surface area is 118 Å². The van der Waals surface area contributed by atoms with Crippen molar-refractivity contribution in [1.82, 2.24) is 0 Å². The number of carbonyl (C=O) groups is 1. The average molecular weight is 296 g/mol. The van der Waals surface area contributed by atoms with Crippen LogP contribution in [0.15, 0.2) is 52.3 Å². The predicted molar refractivity (Wildman–Crippen MR) is 72.1 cm³/mol. The van der Waals surface area contributed by atoms with Gasteiger partial charge in [-0.25, -0.2) is 0 Å². The highest BCUT2D eigenvalue weighted by molar-refractivity contribution is 7.99. The van der Waals surface area contributed by atoms with E-state index in [1.165, 1.54) is 12.1 Å². The van der Waals surface area contributed by atoms with E-state index in [1.54, 1.807) is 12.1 Å². The molecule has 2 aromatic rings. The van der Waals surface area contributed by atoms with E-state index in [1.807, 2.05) is 19.1 Å². The average Bonchev–Trinajstić information content (AvgIpc) is 2.40. The largest absolute Gasteiger partial charge is 0.417 e. The summed E-state index contributed by atoms with van der Waals surface area (Å²) in [5.74, 6) is 0. The van der Waals surface area contributed by atoms with Gasteiger partial charge in [0.1, 0.15) is 6.29 Å². The number of hydrogen-bond acceptors (Lipinski definition) is 2. The molecule has 0 heterocycles. The highest BCUT2D eigenvalue weighted by Crippen LogP contribution is 2.39. The van der Waals surface area contributed by atoms with Crippen LogP contribution >= 0.6 is 11.8 Å². The lowest BCUT2D eigenvalue weighted by Crippen LogP contribution is -2.07. The Morgan fingerprint density at radius 1 is 1.05 bits per heavy atom. The van der Waals surface area contributed by atoms with E-state index in [2.05, 4.69) is 0 Å². The lowest BCUT2D eigenvalue weighted by Gasteiger charge is -2.13. The van der Waals surface area contributed by atoms with Crippen molar-refractivity contribution in [3.05, 3.63) is 59.2 Å². The summed E-state index contributed by atoms with van der Waals surface area (Å²) >= 11 is 1.03. The number of alkyl halides is 3. The van der Waals surface area contributed by atoms with Gasteiger partial charge in [-0.3, -0.25) is 4.79 Å². The van der Waals surface area contributed by atoms with Crippen LogP contribution < -0.4 is 0 Å². The van der Waals surface area contributed by atoms with Gasteiger partial charge < -0.3 is 0 Å². The smallest absolute Gasteiger partial charge is 0.298 e. The fourth-order valence-electron chi connectivity index (χ4n) is 1.66. The summed E-state index contributed by atoms with van der Waals surface area (Å²) in [7, 11) is 0. The van der Waals surface area contributed by atoms with Crippen LogP contribution in [0.3, 0.4) is 0 Å². The zero-order valence-electron chi connectivity index (χ0n) is 10.6. The molecule has 0 radical (unpaired) electrons. The zero-order chi connectivity index (χ0) is 14.8. The van der Waals surface area contributed by atoms with Crippen LogP contribution in [0.25, 0.3) is 0 Å². The number of hydrogen-bond donors (Lipinski definition) is 0. The molecule has 0 unspecified atom stereocenters. The number of aryl methyl sites for hydroxylation is 1. The number of carbonyl (C=O) groups excluding carboxylic acids is 1. The van der Waals surface area contributed by atoms with Gasteiger partial charge >= 0.3 is 6.18 Å². The quantitative estimate of drug-likeness (QED) is 0.743. The first-order valence-corrected chi connectivity index (χ1v) is 6.63. The molecule has 2 rings (SSSR count). The van der Waals surface area contributed by atoms with Crippen LogP contribution in [0.5, 0.6) is 0 Å². The molecule has 0 fully saturated rings. The van der Waals surface area contributed by atoms with Gasteiger partial charge in [0.05, 0.1) is 5.56 Å². The van der Waals surface area contributed by atoms with E-state index in [0.717, 1.165) is 28.3 Å². The Kier molecular flexibility index (Phi) is 4.18. The third kappa shape index (κ3) is 3.42. The second-order valence-electron chi connectivity index (χ2n) is 4.29. The molecule has 0 N–H and O–H groups in total. The van der Waals surface area contributed by atoms with Gasteiger partial charge in [0.25, 0.3) is 0 Å². The van der Waals surface area contributed by atoms with Crippen molar-refractivity contribution >= 4 is 18.0 Å². The van der Waals surface area contributed by atoms with Crippen molar-refractivity contribution < 1.29 is 18.0 Å². The van der Waals surface area contributed by atoms with Crippen LogP contribution in [0.1, 0.15) is 21.5 Å². The van der Waals surface area contributed by atoms with Gasteiger partial charge in [-0.15, -0.1) is 0 Å². The topological polar surface area (TPSA) is 17.1 Å². The van der Waals surface area contributed by atoms with Crippen LogP contribution in [0.4, 0.5) is 13.2 Å². The maximum Gasteiger partial charge on any atom is 0.417 e. The van der Waals surface area contributed by atoms with E-state index in [9.17, 15) is 18.0 Å². The summed E-state index contributed by atoms with van der Waals surface area (Å²) in [6, 6.07) is 10.8. The van der Waals surface area contributed by atoms with Crippen molar-refractivity contribution in [2.75, 3.05) is 0 Å². The van der Waals surface area contributed by atoms with Crippen molar-refractivity contribution in [1.29, 1.82) is 0 Å². The molecule has 104 valence electrons. The molecule has 0 aromatic heterocycles. The minimum absolute atomic E-state index is 0.0191. The summed E-state index contributed by atoms with van der Waals surface area (Å²) in [6.45, 7) is 1.91. The second-order valence-corrected chi connectivity index (χ2v) is 5.40. The third-order valence-corrected chi connectivity index (χ3v) is 3.78. The number of rotatable bonds is 3. The first-order valence-electron chi connectivity index (χ1n) is 5.81. The molecule has 0 aliphatic heterocycles. The Morgan fingerprint density at radius 3 is 2.25 bits per heavy atom. The van der Waals surface area contributed by atoms with Crippen molar-refractivity contribution in [3.8, 4) is 0 Å². The maximum atomic E-state index is 13.0. The first kappa shape index (κ1) is 14.7.